The summed E-state index contributed by atoms with van der Waals surface area (Å²) in [5.74, 6) is -4.45. The molecule has 40 heteroatoms. The summed E-state index contributed by atoms with van der Waals surface area (Å²) in [7, 11) is -27.3. The van der Waals surface area contributed by atoms with Crippen LogP contribution in [0.5, 0.6) is 34.5 Å². The highest BCUT2D eigenvalue weighted by molar-refractivity contribution is 7.86. The van der Waals surface area contributed by atoms with Crippen LogP contribution in [0, 0.1) is 23.7 Å². The first-order valence-corrected chi connectivity index (χ1v) is 36.0. The highest BCUT2D eigenvalue weighted by atomic mass is 32.2. The van der Waals surface area contributed by atoms with Gasteiger partial charge in [0.15, 0.2) is 23.0 Å². The fourth-order valence-corrected chi connectivity index (χ4v) is 10.0. The molecule has 0 aliphatic heterocycles. The van der Waals surface area contributed by atoms with Crippen molar-refractivity contribution in [3.8, 4) is 69.3 Å². The van der Waals surface area contributed by atoms with E-state index in [4.69, 9.17) is 47.4 Å². The maximum Gasteiger partial charge on any atom is 0.408 e. The molecule has 0 saturated carbocycles. The van der Waals surface area contributed by atoms with E-state index in [-0.39, 0.29) is 0 Å². The quantitative estimate of drug-likeness (QED) is 0.0162. The number of hydrogen-bond acceptors (Lipinski definition) is 26. The first kappa shape index (κ1) is 79.4. The van der Waals surface area contributed by atoms with Crippen LogP contribution in [0.25, 0.3) is 11.1 Å². The normalized spacial score (nSPS) is 12.2. The van der Waals surface area contributed by atoms with Crippen molar-refractivity contribution >= 4 is 84.8 Å². The molecule has 2 aromatic carbocycles. The predicted octanol–water partition coefficient (Wildman–Crippen LogP) is 2.62. The maximum absolute atomic E-state index is 14.7. The van der Waals surface area contributed by atoms with E-state index in [1.807, 2.05) is 0 Å². The third kappa shape index (κ3) is 31.4. The van der Waals surface area contributed by atoms with Crippen molar-refractivity contribution in [3.05, 3.63) is 22.3 Å². The number of carbonyl (C=O) groups excluding carboxylic acids is 4. The number of nitrogens with one attached hydrogen (secondary N) is 2. The molecule has 0 saturated heterocycles. The highest BCUT2D eigenvalue weighted by Crippen LogP contribution is 2.58. The molecule has 0 bridgehead atoms. The van der Waals surface area contributed by atoms with Crippen molar-refractivity contribution < 1.29 is 144 Å². The average Bonchev–Trinajstić information content (AvgIpc) is 0.726. The molecule has 0 spiro atoms. The van der Waals surface area contributed by atoms with Gasteiger partial charge in [0.2, 0.25) is 0 Å². The van der Waals surface area contributed by atoms with Gasteiger partial charge in [-0.3, -0.25) is 27.3 Å². The van der Waals surface area contributed by atoms with Gasteiger partial charge in [0.25, 0.3) is 60.7 Å². The Kier molecular flexibility index (Phi) is 30.6. The van der Waals surface area contributed by atoms with Crippen LogP contribution in [-0.2, 0) is 79.7 Å². The van der Waals surface area contributed by atoms with Gasteiger partial charge in [0, 0.05) is 0 Å². The lowest BCUT2D eigenvalue weighted by molar-refractivity contribution is 0.0523. The van der Waals surface area contributed by atoms with Crippen molar-refractivity contribution in [1.29, 1.82) is 0 Å². The van der Waals surface area contributed by atoms with E-state index < -0.39 is 290 Å². The van der Waals surface area contributed by atoms with Crippen LogP contribution in [0.15, 0.2) is 0 Å². The van der Waals surface area contributed by atoms with Crippen LogP contribution in [-0.4, -0.2) is 215 Å². The van der Waals surface area contributed by atoms with Gasteiger partial charge in [-0.25, -0.2) is 19.2 Å². The molecule has 2 amide bonds. The Morgan fingerprint density at radius 2 is 0.600 bits per heavy atom. The van der Waals surface area contributed by atoms with E-state index in [0.717, 1.165) is 14.2 Å². The fraction of sp³-hybridized carbons (Fsp3) is 0.600. The van der Waals surface area contributed by atoms with E-state index in [1.165, 1.54) is 41.5 Å². The molecule has 0 aliphatic rings. The minimum absolute atomic E-state index is 0.606. The predicted molar refractivity (Wildman–Crippen MR) is 316 cm³/mol. The Morgan fingerprint density at radius 1 is 0.378 bits per heavy atom. The summed E-state index contributed by atoms with van der Waals surface area (Å²) in [4.78, 5) is 55.2. The molecule has 90 heavy (non-hydrogen) atoms. The summed E-state index contributed by atoms with van der Waals surface area (Å²) in [6.07, 6.45) is -6.07. The molecule has 0 aromatic heterocycles. The first-order valence-electron chi connectivity index (χ1n) is 26.3. The Morgan fingerprint density at radius 3 is 0.811 bits per heavy atom. The van der Waals surface area contributed by atoms with E-state index >= 15 is 0 Å². The molecular formula is C50H72N2O32S6. The fourth-order valence-electron chi connectivity index (χ4n) is 7.11. The van der Waals surface area contributed by atoms with Crippen LogP contribution >= 0.6 is 0 Å². The number of amides is 2. The number of benzene rings is 2. The number of esters is 2. The smallest absolute Gasteiger partial charge is 0.408 e. The minimum Gasteiger partial charge on any atom is -0.492 e. The second-order valence-corrected chi connectivity index (χ2v) is 29.9. The number of ether oxygens (including phenoxy) is 10. The Bertz CT molecular complexity index is 3480. The van der Waals surface area contributed by atoms with Gasteiger partial charge in [-0.1, -0.05) is 23.7 Å². The summed E-state index contributed by atoms with van der Waals surface area (Å²) in [6, 6.07) is 0. The summed E-state index contributed by atoms with van der Waals surface area (Å²) < 4.78 is 262. The van der Waals surface area contributed by atoms with Gasteiger partial charge in [-0.15, -0.1) is 0 Å². The third-order valence-electron chi connectivity index (χ3n) is 10.4. The molecule has 0 radical (unpaired) electrons. The lowest BCUT2D eigenvalue weighted by Gasteiger charge is -2.28. The van der Waals surface area contributed by atoms with Crippen LogP contribution in [0.2, 0.25) is 0 Å². The lowest BCUT2D eigenvalue weighted by Crippen LogP contribution is -2.32. The lowest BCUT2D eigenvalue weighted by atomic mass is 9.89. The minimum atomic E-state index is -4.85. The van der Waals surface area contributed by atoms with Crippen LogP contribution < -0.4 is 39.1 Å². The summed E-state index contributed by atoms with van der Waals surface area (Å²) in [5.41, 5.74) is -7.35. The second kappa shape index (κ2) is 34.6. The van der Waals surface area contributed by atoms with E-state index in [1.54, 1.807) is 0 Å². The van der Waals surface area contributed by atoms with Crippen LogP contribution in [0.1, 0.15) is 112 Å². The number of hydrogen-bond donors (Lipinski definition) is 8. The molecule has 2 rings (SSSR count). The number of rotatable bonds is 35. The van der Waals surface area contributed by atoms with Crippen LogP contribution in [0.4, 0.5) is 9.59 Å². The standard InChI is InChI=1S/C50H72N2O32S6/c1-49(2,3)83-47(55)51-19-9-17-33-39(77-21-11-27-85(57,58)59)35(43(81-25-15-31-89(69,70)71)37(45(53)75-7)41(33)79-23-13-29-87(63,64)65)36-40(78-22-12-28-86(60,61)62)34(18-10-20-52-48(56)84-50(4,5)6)42(80-24-14-30-88(66,67)68)38(46(54)76-8)44(36)82-26-16-32-90(72,73)74/h11-16,19-32H2,1-8H3,(H,51,55)(H,52,56)(H,57,58,59)(H,60,61,62)(H,63,64,65)(H,66,67,68)(H,69,70,71)(H,72,73,74). The van der Waals surface area contributed by atoms with Crippen molar-refractivity contribution in [2.75, 3.05) is 101 Å². The molecule has 0 aliphatic carbocycles. The number of carbonyl (C=O) groups is 4. The van der Waals surface area contributed by atoms with Gasteiger partial charge in [-0.2, -0.15) is 50.5 Å². The Labute approximate surface area is 521 Å². The molecule has 510 valence electrons. The summed E-state index contributed by atoms with van der Waals surface area (Å²) >= 11 is 0. The van der Waals surface area contributed by atoms with Crippen molar-refractivity contribution in [2.45, 2.75) is 91.3 Å². The summed E-state index contributed by atoms with van der Waals surface area (Å²) in [5, 5.41) is 4.67. The average molecular weight is 1410 g/mol. The van der Waals surface area contributed by atoms with Gasteiger partial charge < -0.3 is 58.0 Å². The van der Waals surface area contributed by atoms with Crippen molar-refractivity contribution in [1.82, 2.24) is 10.6 Å². The molecule has 34 nitrogen and oxygen atoms in total. The number of methoxy groups -OCH3 is 2. The Balaban J connectivity index is 4.00. The second-order valence-electron chi connectivity index (χ2n) is 20.5. The van der Waals surface area contributed by atoms with E-state index in [9.17, 15) is 97.0 Å². The molecule has 0 atom stereocenters. The molecule has 0 fully saturated rings. The highest BCUT2D eigenvalue weighted by Gasteiger charge is 2.40. The van der Waals surface area contributed by atoms with Crippen molar-refractivity contribution in [3.63, 3.8) is 0 Å². The van der Waals surface area contributed by atoms with Gasteiger partial charge >= 0.3 is 24.1 Å². The number of alkyl carbamates (subject to hydrolysis) is 2. The van der Waals surface area contributed by atoms with E-state index in [0.29, 0.717) is 0 Å². The van der Waals surface area contributed by atoms with Gasteiger partial charge in [0.05, 0.1) is 113 Å². The summed E-state index contributed by atoms with van der Waals surface area (Å²) in [6.45, 7) is 2.47. The zero-order chi connectivity index (χ0) is 68.7. The zero-order valence-electron chi connectivity index (χ0n) is 49.9. The maximum atomic E-state index is 14.7. The monoisotopic (exact) mass is 1400 g/mol. The SMILES string of the molecule is COC(=O)c1c(OCCCS(=O)(=O)O)c(C#CCNC(=O)OC(C)(C)C)c(OCCCS(=O)(=O)O)c(-c2c(OCCCS(=O)(=O)O)c(C#CCNC(=O)OC(C)(C)C)c(OCCCS(=O)(=O)O)c(C(=O)OC)c2OCCCS(=O)(=O)O)c1OCCCS(=O)(=O)O. The Hall–Kier alpha value is -6.70. The van der Waals surface area contributed by atoms with Gasteiger partial charge in [0.1, 0.15) is 45.0 Å². The van der Waals surface area contributed by atoms with Gasteiger partial charge in [-0.05, 0) is 80.1 Å². The molecular weight excluding hydrogens is 1330 g/mol. The van der Waals surface area contributed by atoms with Crippen LogP contribution in [0.3, 0.4) is 0 Å². The molecule has 0 heterocycles. The first-order chi connectivity index (χ1) is 41.3. The van der Waals surface area contributed by atoms with Crippen molar-refractivity contribution in [2.24, 2.45) is 0 Å². The van der Waals surface area contributed by atoms with E-state index in [2.05, 4.69) is 34.3 Å². The molecule has 8 N–H and O–H groups in total. The third-order valence-corrected chi connectivity index (χ3v) is 15.2. The zero-order valence-corrected chi connectivity index (χ0v) is 54.8. The molecule has 0 unspecified atom stereocenters. The molecule has 2 aromatic rings. The topological polar surface area (TPSA) is 511 Å². The largest absolute Gasteiger partial charge is 0.492 e.